The first kappa shape index (κ1) is 12.3. The third kappa shape index (κ3) is 2.56. The number of aromatic nitrogens is 2. The van der Waals surface area contributed by atoms with E-state index in [1.54, 1.807) is 0 Å². The molecule has 0 saturated heterocycles. The summed E-state index contributed by atoms with van der Waals surface area (Å²) < 4.78 is 6.19. The van der Waals surface area contributed by atoms with Gasteiger partial charge in [0.05, 0.1) is 6.04 Å². The average Bonchev–Trinajstić information content (AvgIpc) is 2.77. The number of benzene rings is 1. The normalized spacial score (nSPS) is 12.7. The van der Waals surface area contributed by atoms with Crippen LogP contribution in [0.4, 0.5) is 0 Å². The highest BCUT2D eigenvalue weighted by molar-refractivity contribution is 9.10. The predicted octanol–water partition coefficient (Wildman–Crippen LogP) is 3.09. The predicted molar refractivity (Wildman–Crippen MR) is 69.6 cm³/mol. The van der Waals surface area contributed by atoms with Gasteiger partial charge < -0.3 is 9.84 Å². The van der Waals surface area contributed by atoms with Crippen LogP contribution in [0, 0.1) is 6.92 Å². The Morgan fingerprint density at radius 2 is 2.18 bits per heavy atom. The largest absolute Gasteiger partial charge is 0.337 e. The molecule has 2 aromatic rings. The van der Waals surface area contributed by atoms with Crippen LogP contribution in [-0.2, 0) is 0 Å². The number of hydrogen-bond acceptors (Lipinski definition) is 4. The molecule has 0 saturated carbocycles. The molecule has 0 aliphatic rings. The van der Waals surface area contributed by atoms with E-state index in [1.807, 2.05) is 39.1 Å². The van der Waals surface area contributed by atoms with Crippen molar-refractivity contribution in [2.24, 2.45) is 0 Å². The summed E-state index contributed by atoms with van der Waals surface area (Å²) in [6, 6.07) is 6.10. The standard InChI is InChI=1S/C12H14BrN3O/c1-7-4-5-9(10(13)6-7)11-15-12(17-16-11)8(2)14-3/h4-6,8,14H,1-3H3. The molecule has 0 spiro atoms. The first-order chi connectivity index (χ1) is 8.11. The van der Waals surface area contributed by atoms with Crippen LogP contribution >= 0.6 is 15.9 Å². The molecule has 2 rings (SSSR count). The molecule has 0 fully saturated rings. The summed E-state index contributed by atoms with van der Waals surface area (Å²) in [4.78, 5) is 4.37. The maximum atomic E-state index is 5.21. The second-order valence-corrected chi connectivity index (χ2v) is 4.80. The molecule has 90 valence electrons. The molecule has 0 aliphatic heterocycles. The van der Waals surface area contributed by atoms with Gasteiger partial charge in [-0.1, -0.05) is 27.2 Å². The van der Waals surface area contributed by atoms with Crippen molar-refractivity contribution in [3.8, 4) is 11.4 Å². The van der Waals surface area contributed by atoms with E-state index in [9.17, 15) is 0 Å². The van der Waals surface area contributed by atoms with E-state index in [4.69, 9.17) is 4.52 Å². The van der Waals surface area contributed by atoms with E-state index in [2.05, 4.69) is 31.4 Å². The van der Waals surface area contributed by atoms with Gasteiger partial charge in [0.15, 0.2) is 0 Å². The lowest BCUT2D eigenvalue weighted by Crippen LogP contribution is -2.12. The van der Waals surface area contributed by atoms with Gasteiger partial charge in [-0.3, -0.25) is 0 Å². The fourth-order valence-electron chi connectivity index (χ4n) is 1.45. The Hall–Kier alpha value is -1.20. The van der Waals surface area contributed by atoms with Gasteiger partial charge in [-0.05, 0) is 38.6 Å². The number of aryl methyl sites for hydroxylation is 1. The van der Waals surface area contributed by atoms with Gasteiger partial charge in [0.25, 0.3) is 0 Å². The quantitative estimate of drug-likeness (QED) is 0.945. The van der Waals surface area contributed by atoms with Crippen molar-refractivity contribution in [3.63, 3.8) is 0 Å². The second kappa shape index (κ2) is 4.98. The third-order valence-corrected chi connectivity index (χ3v) is 3.27. The SMILES string of the molecule is CNC(C)c1nc(-c2ccc(C)cc2Br)no1. The van der Waals surface area contributed by atoms with Crippen LogP contribution in [0.2, 0.25) is 0 Å². The fraction of sp³-hybridized carbons (Fsp3) is 0.333. The van der Waals surface area contributed by atoms with Crippen LogP contribution in [0.5, 0.6) is 0 Å². The summed E-state index contributed by atoms with van der Waals surface area (Å²) in [7, 11) is 1.86. The van der Waals surface area contributed by atoms with Crippen molar-refractivity contribution in [3.05, 3.63) is 34.1 Å². The Bertz CT molecular complexity index is 524. The minimum Gasteiger partial charge on any atom is -0.337 e. The maximum Gasteiger partial charge on any atom is 0.243 e. The zero-order valence-electron chi connectivity index (χ0n) is 9.99. The molecular weight excluding hydrogens is 282 g/mol. The molecule has 17 heavy (non-hydrogen) atoms. The summed E-state index contributed by atoms with van der Waals surface area (Å²) in [5, 5.41) is 7.05. The van der Waals surface area contributed by atoms with E-state index in [0.29, 0.717) is 11.7 Å². The van der Waals surface area contributed by atoms with E-state index >= 15 is 0 Å². The summed E-state index contributed by atoms with van der Waals surface area (Å²) in [6.07, 6.45) is 0. The second-order valence-electron chi connectivity index (χ2n) is 3.95. The molecule has 1 atom stereocenters. The van der Waals surface area contributed by atoms with Crippen molar-refractivity contribution in [1.29, 1.82) is 0 Å². The van der Waals surface area contributed by atoms with Gasteiger partial charge in [0, 0.05) is 10.0 Å². The van der Waals surface area contributed by atoms with Crippen molar-refractivity contribution in [2.75, 3.05) is 7.05 Å². The minimum atomic E-state index is 0.0560. The Morgan fingerprint density at radius 3 is 2.82 bits per heavy atom. The topological polar surface area (TPSA) is 51.0 Å². The van der Waals surface area contributed by atoms with Gasteiger partial charge in [0.1, 0.15) is 0 Å². The summed E-state index contributed by atoms with van der Waals surface area (Å²) in [5.74, 6) is 1.20. The Balaban J connectivity index is 2.37. The fourth-order valence-corrected chi connectivity index (χ4v) is 2.12. The molecule has 0 amide bonds. The Kier molecular flexibility index (Phi) is 3.59. The molecule has 5 heteroatoms. The molecule has 1 aromatic carbocycles. The van der Waals surface area contributed by atoms with E-state index < -0.39 is 0 Å². The number of nitrogens with zero attached hydrogens (tertiary/aromatic N) is 2. The van der Waals surface area contributed by atoms with Crippen LogP contribution in [0.1, 0.15) is 24.4 Å². The molecule has 0 aliphatic carbocycles. The highest BCUT2D eigenvalue weighted by Gasteiger charge is 2.15. The highest BCUT2D eigenvalue weighted by Crippen LogP contribution is 2.27. The molecule has 1 N–H and O–H groups in total. The minimum absolute atomic E-state index is 0.0560. The van der Waals surface area contributed by atoms with E-state index in [1.165, 1.54) is 5.56 Å². The van der Waals surface area contributed by atoms with Crippen molar-refractivity contribution in [1.82, 2.24) is 15.5 Å². The number of rotatable bonds is 3. The lowest BCUT2D eigenvalue weighted by atomic mass is 10.1. The van der Waals surface area contributed by atoms with Gasteiger partial charge in [-0.15, -0.1) is 0 Å². The smallest absolute Gasteiger partial charge is 0.243 e. The zero-order valence-corrected chi connectivity index (χ0v) is 11.6. The van der Waals surface area contributed by atoms with Gasteiger partial charge >= 0.3 is 0 Å². The van der Waals surface area contributed by atoms with Crippen molar-refractivity contribution < 1.29 is 4.52 Å². The molecule has 1 unspecified atom stereocenters. The summed E-state index contributed by atoms with van der Waals surface area (Å²) >= 11 is 3.51. The van der Waals surface area contributed by atoms with E-state index in [-0.39, 0.29) is 6.04 Å². The maximum absolute atomic E-state index is 5.21. The van der Waals surface area contributed by atoms with Crippen LogP contribution in [0.25, 0.3) is 11.4 Å². The highest BCUT2D eigenvalue weighted by atomic mass is 79.9. The van der Waals surface area contributed by atoms with Crippen molar-refractivity contribution >= 4 is 15.9 Å². The Morgan fingerprint density at radius 1 is 1.41 bits per heavy atom. The van der Waals surface area contributed by atoms with Gasteiger partial charge in [-0.2, -0.15) is 4.98 Å². The number of hydrogen-bond donors (Lipinski definition) is 1. The summed E-state index contributed by atoms with van der Waals surface area (Å²) in [6.45, 7) is 4.01. The number of nitrogens with one attached hydrogen (secondary N) is 1. The summed E-state index contributed by atoms with van der Waals surface area (Å²) in [5.41, 5.74) is 2.13. The molecule has 1 heterocycles. The van der Waals surface area contributed by atoms with Crippen LogP contribution in [0.3, 0.4) is 0 Å². The van der Waals surface area contributed by atoms with Gasteiger partial charge in [-0.25, -0.2) is 0 Å². The van der Waals surface area contributed by atoms with Crippen LogP contribution < -0.4 is 5.32 Å². The van der Waals surface area contributed by atoms with Crippen LogP contribution in [-0.4, -0.2) is 17.2 Å². The number of halogens is 1. The molecule has 1 aromatic heterocycles. The zero-order chi connectivity index (χ0) is 12.4. The lowest BCUT2D eigenvalue weighted by molar-refractivity contribution is 0.347. The molecule has 4 nitrogen and oxygen atoms in total. The monoisotopic (exact) mass is 295 g/mol. The first-order valence-corrected chi connectivity index (χ1v) is 6.18. The lowest BCUT2D eigenvalue weighted by Gasteiger charge is -2.02. The Labute approximate surface area is 109 Å². The molecular formula is C12H14BrN3O. The first-order valence-electron chi connectivity index (χ1n) is 5.39. The van der Waals surface area contributed by atoms with Crippen molar-refractivity contribution in [2.45, 2.75) is 19.9 Å². The van der Waals surface area contributed by atoms with Gasteiger partial charge in [0.2, 0.25) is 11.7 Å². The molecule has 0 bridgehead atoms. The van der Waals surface area contributed by atoms with Crippen LogP contribution in [0.15, 0.2) is 27.2 Å². The average molecular weight is 296 g/mol. The third-order valence-electron chi connectivity index (χ3n) is 2.61. The van der Waals surface area contributed by atoms with E-state index in [0.717, 1.165) is 10.0 Å². The molecule has 0 radical (unpaired) electrons.